The minimum atomic E-state index is -0.0417. The lowest BCUT2D eigenvalue weighted by Gasteiger charge is -1.93. The van der Waals surface area contributed by atoms with Gasteiger partial charge in [0.25, 0.3) is 0 Å². The van der Waals surface area contributed by atoms with Gasteiger partial charge in [0.1, 0.15) is 0 Å². The van der Waals surface area contributed by atoms with E-state index in [-0.39, 0.29) is 5.91 Å². The molecule has 0 atom stereocenters. The van der Waals surface area contributed by atoms with Gasteiger partial charge in [0.15, 0.2) is 0 Å². The monoisotopic (exact) mass is 153 g/mol. The Balaban J connectivity index is 4.22. The zero-order valence-electron chi connectivity index (χ0n) is 7.42. The number of hydrogen-bond acceptors (Lipinski definition) is 1. The fourth-order valence-electron chi connectivity index (χ4n) is 0.666. The molecule has 0 aliphatic heterocycles. The number of allylic oxidation sites excluding steroid dienone is 2. The van der Waals surface area contributed by atoms with Crippen LogP contribution >= 0.6 is 0 Å². The van der Waals surface area contributed by atoms with Gasteiger partial charge in [-0.2, -0.15) is 0 Å². The molecule has 0 aromatic carbocycles. The number of rotatable bonds is 3. The topological polar surface area (TPSA) is 29.4 Å². The summed E-state index contributed by atoms with van der Waals surface area (Å²) in [5, 5.41) is 0. The molecule has 0 aromatic rings. The highest BCUT2D eigenvalue weighted by Gasteiger charge is 1.94. The lowest BCUT2D eigenvalue weighted by molar-refractivity contribution is -0.117. The second-order valence-electron chi connectivity index (χ2n) is 2.20. The van der Waals surface area contributed by atoms with Crippen molar-refractivity contribution in [1.29, 1.82) is 0 Å². The summed E-state index contributed by atoms with van der Waals surface area (Å²) in [5.74, 6) is -0.0417. The van der Waals surface area contributed by atoms with Crippen molar-refractivity contribution >= 4 is 11.6 Å². The van der Waals surface area contributed by atoms with Crippen molar-refractivity contribution in [2.75, 3.05) is 0 Å². The van der Waals surface area contributed by atoms with Crippen LogP contribution in [0.4, 0.5) is 0 Å². The summed E-state index contributed by atoms with van der Waals surface area (Å²) in [5.41, 5.74) is 0.861. The molecule has 0 bridgehead atoms. The molecule has 0 aliphatic carbocycles. The number of hydrogen-bond donors (Lipinski definition) is 0. The fraction of sp³-hybridized carbons (Fsp3) is 0.556. The molecule has 0 saturated heterocycles. The standard InChI is InChI=1S/C9H15NO/c1-4-7-8(5-2)10-9(11)6-3/h4,7H,5-6H2,1-3H3/b7-4-,10-8?. The van der Waals surface area contributed by atoms with Crippen molar-refractivity contribution in [1.82, 2.24) is 0 Å². The first-order valence-corrected chi connectivity index (χ1v) is 3.97. The van der Waals surface area contributed by atoms with Gasteiger partial charge in [0, 0.05) is 12.1 Å². The predicted molar refractivity (Wildman–Crippen MR) is 47.8 cm³/mol. The SMILES string of the molecule is C/C=C\C(CC)=NC(=O)CC. The Labute approximate surface area is 68.0 Å². The van der Waals surface area contributed by atoms with Gasteiger partial charge >= 0.3 is 0 Å². The molecule has 0 rings (SSSR count). The van der Waals surface area contributed by atoms with Crippen molar-refractivity contribution in [2.45, 2.75) is 33.6 Å². The Morgan fingerprint density at radius 1 is 1.36 bits per heavy atom. The van der Waals surface area contributed by atoms with Crippen LogP contribution < -0.4 is 0 Å². The Kier molecular flexibility index (Phi) is 5.35. The second-order valence-corrected chi connectivity index (χ2v) is 2.20. The summed E-state index contributed by atoms with van der Waals surface area (Å²) >= 11 is 0. The first-order chi connectivity index (χ1) is 5.24. The molecule has 11 heavy (non-hydrogen) atoms. The van der Waals surface area contributed by atoms with Crippen molar-refractivity contribution in [3.05, 3.63) is 12.2 Å². The van der Waals surface area contributed by atoms with E-state index in [1.165, 1.54) is 0 Å². The maximum Gasteiger partial charge on any atom is 0.245 e. The van der Waals surface area contributed by atoms with E-state index in [0.29, 0.717) is 6.42 Å². The van der Waals surface area contributed by atoms with E-state index in [2.05, 4.69) is 4.99 Å². The predicted octanol–water partition coefficient (Wildman–Crippen LogP) is 2.35. The van der Waals surface area contributed by atoms with Crippen LogP contribution in [-0.4, -0.2) is 11.6 Å². The van der Waals surface area contributed by atoms with E-state index in [1.807, 2.05) is 32.9 Å². The minimum Gasteiger partial charge on any atom is -0.273 e. The Morgan fingerprint density at radius 2 is 2.00 bits per heavy atom. The van der Waals surface area contributed by atoms with Gasteiger partial charge in [-0.25, -0.2) is 4.99 Å². The molecular weight excluding hydrogens is 138 g/mol. The summed E-state index contributed by atoms with van der Waals surface area (Å²) < 4.78 is 0. The molecule has 0 N–H and O–H groups in total. The van der Waals surface area contributed by atoms with Gasteiger partial charge in [-0.15, -0.1) is 0 Å². The van der Waals surface area contributed by atoms with Gasteiger partial charge in [-0.05, 0) is 19.4 Å². The average Bonchev–Trinajstić information content (AvgIpc) is 2.03. The minimum absolute atomic E-state index is 0.0417. The van der Waals surface area contributed by atoms with Gasteiger partial charge in [-0.3, -0.25) is 4.79 Å². The third kappa shape index (κ3) is 4.48. The highest BCUT2D eigenvalue weighted by molar-refractivity contribution is 6.02. The van der Waals surface area contributed by atoms with Crippen LogP contribution in [0.25, 0.3) is 0 Å². The van der Waals surface area contributed by atoms with E-state index >= 15 is 0 Å². The van der Waals surface area contributed by atoms with Gasteiger partial charge in [0.2, 0.25) is 5.91 Å². The second kappa shape index (κ2) is 5.83. The molecule has 0 radical (unpaired) electrons. The first-order valence-electron chi connectivity index (χ1n) is 3.97. The Morgan fingerprint density at radius 3 is 2.36 bits per heavy atom. The molecule has 0 spiro atoms. The Bertz CT molecular complexity index is 180. The quantitative estimate of drug-likeness (QED) is 0.572. The summed E-state index contributed by atoms with van der Waals surface area (Å²) in [6, 6.07) is 0. The lowest BCUT2D eigenvalue weighted by atomic mass is 10.2. The highest BCUT2D eigenvalue weighted by Crippen LogP contribution is 1.92. The molecule has 62 valence electrons. The number of carbonyl (C=O) groups excluding carboxylic acids is 1. The normalized spacial score (nSPS) is 12.5. The average molecular weight is 153 g/mol. The van der Waals surface area contributed by atoms with Crippen LogP contribution in [0.1, 0.15) is 33.6 Å². The summed E-state index contributed by atoms with van der Waals surface area (Å²) in [6.07, 6.45) is 5.07. The third-order valence-electron chi connectivity index (χ3n) is 1.29. The van der Waals surface area contributed by atoms with E-state index in [0.717, 1.165) is 12.1 Å². The molecular formula is C9H15NO. The van der Waals surface area contributed by atoms with Crippen LogP contribution in [0, 0.1) is 0 Å². The smallest absolute Gasteiger partial charge is 0.245 e. The van der Waals surface area contributed by atoms with Crippen LogP contribution in [0.2, 0.25) is 0 Å². The third-order valence-corrected chi connectivity index (χ3v) is 1.29. The number of carbonyl (C=O) groups is 1. The van der Waals surface area contributed by atoms with E-state index < -0.39 is 0 Å². The van der Waals surface area contributed by atoms with Crippen molar-refractivity contribution in [3.63, 3.8) is 0 Å². The first kappa shape index (κ1) is 10.1. The molecule has 0 saturated carbocycles. The van der Waals surface area contributed by atoms with Gasteiger partial charge < -0.3 is 0 Å². The fourth-order valence-corrected chi connectivity index (χ4v) is 0.666. The zero-order valence-corrected chi connectivity index (χ0v) is 7.42. The zero-order chi connectivity index (χ0) is 8.69. The molecule has 0 aromatic heterocycles. The largest absolute Gasteiger partial charge is 0.273 e. The number of aliphatic imine (C=N–C) groups is 1. The van der Waals surface area contributed by atoms with Gasteiger partial charge in [0.05, 0.1) is 0 Å². The number of amides is 1. The van der Waals surface area contributed by atoms with Crippen molar-refractivity contribution in [2.24, 2.45) is 4.99 Å². The summed E-state index contributed by atoms with van der Waals surface area (Å²) in [7, 11) is 0. The molecule has 1 amide bonds. The van der Waals surface area contributed by atoms with Gasteiger partial charge in [-0.1, -0.05) is 19.9 Å². The number of nitrogens with zero attached hydrogens (tertiary/aromatic N) is 1. The van der Waals surface area contributed by atoms with Crippen molar-refractivity contribution < 1.29 is 4.79 Å². The summed E-state index contributed by atoms with van der Waals surface area (Å²) in [4.78, 5) is 14.7. The van der Waals surface area contributed by atoms with Crippen LogP contribution in [-0.2, 0) is 4.79 Å². The van der Waals surface area contributed by atoms with Crippen LogP contribution in [0.15, 0.2) is 17.1 Å². The Hall–Kier alpha value is -0.920. The molecule has 2 nitrogen and oxygen atoms in total. The van der Waals surface area contributed by atoms with Crippen LogP contribution in [0.5, 0.6) is 0 Å². The van der Waals surface area contributed by atoms with E-state index in [9.17, 15) is 4.79 Å². The molecule has 0 fully saturated rings. The molecule has 0 aliphatic rings. The molecule has 0 unspecified atom stereocenters. The highest BCUT2D eigenvalue weighted by atomic mass is 16.1. The lowest BCUT2D eigenvalue weighted by Crippen LogP contribution is -1.97. The van der Waals surface area contributed by atoms with E-state index in [1.54, 1.807) is 0 Å². The van der Waals surface area contributed by atoms with Crippen LogP contribution in [0.3, 0.4) is 0 Å². The summed E-state index contributed by atoms with van der Waals surface area (Å²) in [6.45, 7) is 5.72. The van der Waals surface area contributed by atoms with E-state index in [4.69, 9.17) is 0 Å². The molecule has 0 heterocycles. The van der Waals surface area contributed by atoms with Crippen molar-refractivity contribution in [3.8, 4) is 0 Å². The molecule has 2 heteroatoms. The maximum atomic E-state index is 10.8. The maximum absolute atomic E-state index is 10.8.